The van der Waals surface area contributed by atoms with Crippen molar-refractivity contribution in [2.45, 2.75) is 18.9 Å². The molecule has 1 aliphatic rings. The van der Waals surface area contributed by atoms with Crippen molar-refractivity contribution < 1.29 is 9.90 Å². The minimum absolute atomic E-state index is 0.294. The van der Waals surface area contributed by atoms with E-state index < -0.39 is 5.97 Å². The van der Waals surface area contributed by atoms with Crippen molar-refractivity contribution in [2.24, 2.45) is 0 Å². The van der Waals surface area contributed by atoms with Crippen LogP contribution in [0.25, 0.3) is 11.3 Å². The molecule has 0 radical (unpaired) electrons. The average molecular weight is 268 g/mol. The summed E-state index contributed by atoms with van der Waals surface area (Å²) in [6.07, 6.45) is 4.17. The van der Waals surface area contributed by atoms with Gasteiger partial charge in [-0.25, -0.2) is 4.79 Å². The summed E-state index contributed by atoms with van der Waals surface area (Å²) in [6, 6.07) is 11.4. The van der Waals surface area contributed by atoms with Gasteiger partial charge in [0.2, 0.25) is 0 Å². The first-order valence-corrected chi connectivity index (χ1v) is 6.77. The summed E-state index contributed by atoms with van der Waals surface area (Å²) in [7, 11) is 0. The lowest BCUT2D eigenvalue weighted by atomic mass is 10.0. The molecule has 0 amide bonds. The van der Waals surface area contributed by atoms with Crippen LogP contribution in [0.15, 0.2) is 42.6 Å². The Hall–Kier alpha value is -2.20. The number of carboxylic acid groups (broad SMARTS) is 1. The summed E-state index contributed by atoms with van der Waals surface area (Å²) in [5.41, 5.74) is 3.36. The Morgan fingerprint density at radius 2 is 2.05 bits per heavy atom. The van der Waals surface area contributed by atoms with Crippen molar-refractivity contribution >= 4 is 5.97 Å². The molecule has 3 rings (SSSR count). The second-order valence-corrected chi connectivity index (χ2v) is 5.01. The van der Waals surface area contributed by atoms with E-state index in [1.807, 2.05) is 12.3 Å². The van der Waals surface area contributed by atoms with E-state index in [0.29, 0.717) is 11.6 Å². The molecule has 1 aromatic carbocycles. The fraction of sp³-hybridized carbons (Fsp3) is 0.250. The van der Waals surface area contributed by atoms with Crippen LogP contribution in [0.3, 0.4) is 0 Å². The third-order valence-corrected chi connectivity index (χ3v) is 3.67. The molecule has 1 saturated heterocycles. The van der Waals surface area contributed by atoms with E-state index in [-0.39, 0.29) is 0 Å². The normalized spacial score (nSPS) is 18.1. The number of aromatic carboxylic acids is 1. The smallest absolute Gasteiger partial charge is 0.335 e. The Kier molecular flexibility index (Phi) is 3.48. The van der Waals surface area contributed by atoms with Crippen molar-refractivity contribution in [3.8, 4) is 11.3 Å². The minimum atomic E-state index is -0.909. The first-order valence-electron chi connectivity index (χ1n) is 6.77. The highest BCUT2D eigenvalue weighted by molar-refractivity contribution is 5.88. The number of carboxylic acids is 1. The van der Waals surface area contributed by atoms with Gasteiger partial charge in [-0.05, 0) is 49.2 Å². The van der Waals surface area contributed by atoms with Gasteiger partial charge in [0.15, 0.2) is 0 Å². The molecule has 2 N–H and O–H groups in total. The lowest BCUT2D eigenvalue weighted by Crippen LogP contribution is -2.12. The number of carbonyl (C=O) groups is 1. The number of hydrogen-bond acceptors (Lipinski definition) is 3. The van der Waals surface area contributed by atoms with E-state index in [9.17, 15) is 4.79 Å². The molecule has 0 bridgehead atoms. The molecular weight excluding hydrogens is 252 g/mol. The van der Waals surface area contributed by atoms with Crippen LogP contribution in [0, 0.1) is 0 Å². The van der Waals surface area contributed by atoms with Crippen LogP contribution in [-0.4, -0.2) is 22.6 Å². The molecule has 4 nitrogen and oxygen atoms in total. The molecule has 4 heteroatoms. The fourth-order valence-corrected chi connectivity index (χ4v) is 2.57. The number of aromatic nitrogens is 1. The summed E-state index contributed by atoms with van der Waals surface area (Å²) >= 11 is 0. The zero-order valence-electron chi connectivity index (χ0n) is 11.0. The van der Waals surface area contributed by atoms with Crippen LogP contribution >= 0.6 is 0 Å². The van der Waals surface area contributed by atoms with Crippen molar-refractivity contribution in [2.75, 3.05) is 6.54 Å². The highest BCUT2D eigenvalue weighted by Crippen LogP contribution is 2.26. The van der Waals surface area contributed by atoms with E-state index in [2.05, 4.69) is 16.4 Å². The Balaban J connectivity index is 1.89. The van der Waals surface area contributed by atoms with Gasteiger partial charge >= 0.3 is 5.97 Å². The zero-order chi connectivity index (χ0) is 13.9. The van der Waals surface area contributed by atoms with Gasteiger partial charge in [-0.2, -0.15) is 0 Å². The second kappa shape index (κ2) is 5.43. The zero-order valence-corrected chi connectivity index (χ0v) is 11.0. The van der Waals surface area contributed by atoms with Gasteiger partial charge in [0, 0.05) is 17.8 Å². The van der Waals surface area contributed by atoms with E-state index in [1.54, 1.807) is 24.3 Å². The standard InChI is InChI=1S/C16H16N2O2/c19-16(20)12-5-3-11(4-6-12)15-10-13(7-9-18-15)14-2-1-8-17-14/h3-7,9-10,14,17H,1-2,8H2,(H,19,20). The molecule has 20 heavy (non-hydrogen) atoms. The maximum Gasteiger partial charge on any atom is 0.335 e. The molecule has 1 fully saturated rings. The van der Waals surface area contributed by atoms with Gasteiger partial charge in [-0.1, -0.05) is 12.1 Å². The highest BCUT2D eigenvalue weighted by Gasteiger charge is 2.16. The monoisotopic (exact) mass is 268 g/mol. The predicted molar refractivity (Wildman–Crippen MR) is 76.6 cm³/mol. The molecule has 1 aromatic heterocycles. The Labute approximate surface area is 117 Å². The quantitative estimate of drug-likeness (QED) is 0.898. The molecule has 2 heterocycles. The van der Waals surface area contributed by atoms with Crippen molar-refractivity contribution in [1.29, 1.82) is 0 Å². The van der Waals surface area contributed by atoms with Crippen molar-refractivity contribution in [3.63, 3.8) is 0 Å². The third-order valence-electron chi connectivity index (χ3n) is 3.67. The molecule has 102 valence electrons. The van der Waals surface area contributed by atoms with Gasteiger partial charge in [-0.3, -0.25) is 4.98 Å². The molecule has 0 spiro atoms. The maximum absolute atomic E-state index is 10.9. The molecular formula is C16H16N2O2. The van der Waals surface area contributed by atoms with Gasteiger partial charge in [-0.15, -0.1) is 0 Å². The first kappa shape index (κ1) is 12.8. The third kappa shape index (κ3) is 2.56. The maximum atomic E-state index is 10.9. The summed E-state index contributed by atoms with van der Waals surface area (Å²) in [4.78, 5) is 15.2. The van der Waals surface area contributed by atoms with Crippen LogP contribution < -0.4 is 5.32 Å². The van der Waals surface area contributed by atoms with Crippen molar-refractivity contribution in [3.05, 3.63) is 53.7 Å². The molecule has 1 aliphatic heterocycles. The number of hydrogen-bond donors (Lipinski definition) is 2. The van der Waals surface area contributed by atoms with Gasteiger partial charge in [0.25, 0.3) is 0 Å². The fourth-order valence-electron chi connectivity index (χ4n) is 2.57. The number of nitrogens with zero attached hydrogens (tertiary/aromatic N) is 1. The Morgan fingerprint density at radius 3 is 2.70 bits per heavy atom. The van der Waals surface area contributed by atoms with E-state index in [0.717, 1.165) is 24.2 Å². The molecule has 2 aromatic rings. The Bertz CT molecular complexity index is 617. The topological polar surface area (TPSA) is 62.2 Å². The number of pyridine rings is 1. The van der Waals surface area contributed by atoms with E-state index in [1.165, 1.54) is 12.0 Å². The number of benzene rings is 1. The predicted octanol–water partition coefficient (Wildman–Crippen LogP) is 2.87. The number of rotatable bonds is 3. The lowest BCUT2D eigenvalue weighted by molar-refractivity contribution is 0.0697. The minimum Gasteiger partial charge on any atom is -0.478 e. The number of nitrogens with one attached hydrogen (secondary N) is 1. The van der Waals surface area contributed by atoms with Crippen LogP contribution in [-0.2, 0) is 0 Å². The van der Waals surface area contributed by atoms with Crippen LogP contribution in [0.4, 0.5) is 0 Å². The Morgan fingerprint density at radius 1 is 1.25 bits per heavy atom. The van der Waals surface area contributed by atoms with Crippen molar-refractivity contribution in [1.82, 2.24) is 10.3 Å². The van der Waals surface area contributed by atoms with Crippen LogP contribution in [0.5, 0.6) is 0 Å². The van der Waals surface area contributed by atoms with Gasteiger partial charge < -0.3 is 10.4 Å². The molecule has 0 saturated carbocycles. The van der Waals surface area contributed by atoms with Crippen LogP contribution in [0.2, 0.25) is 0 Å². The summed E-state index contributed by atoms with van der Waals surface area (Å²) < 4.78 is 0. The SMILES string of the molecule is O=C(O)c1ccc(-c2cc(C3CCCN3)ccn2)cc1. The van der Waals surface area contributed by atoms with Crippen LogP contribution in [0.1, 0.15) is 34.8 Å². The van der Waals surface area contributed by atoms with Gasteiger partial charge in [0.1, 0.15) is 0 Å². The summed E-state index contributed by atoms with van der Waals surface area (Å²) in [6.45, 7) is 1.07. The highest BCUT2D eigenvalue weighted by atomic mass is 16.4. The molecule has 1 atom stereocenters. The van der Waals surface area contributed by atoms with E-state index >= 15 is 0 Å². The lowest BCUT2D eigenvalue weighted by Gasteiger charge is -2.11. The molecule has 0 aliphatic carbocycles. The average Bonchev–Trinajstić information content (AvgIpc) is 3.02. The summed E-state index contributed by atoms with van der Waals surface area (Å²) in [5, 5.41) is 12.4. The first-order chi connectivity index (χ1) is 9.74. The van der Waals surface area contributed by atoms with E-state index in [4.69, 9.17) is 5.11 Å². The summed E-state index contributed by atoms with van der Waals surface area (Å²) in [5.74, 6) is -0.909. The second-order valence-electron chi connectivity index (χ2n) is 5.01. The largest absolute Gasteiger partial charge is 0.478 e. The molecule has 1 unspecified atom stereocenters. The van der Waals surface area contributed by atoms with Gasteiger partial charge in [0.05, 0.1) is 11.3 Å².